The zero-order valence-corrected chi connectivity index (χ0v) is 25.6. The third-order valence-corrected chi connectivity index (χ3v) is 8.73. The van der Waals surface area contributed by atoms with E-state index in [0.29, 0.717) is 33.7 Å². The summed E-state index contributed by atoms with van der Waals surface area (Å²) in [7, 11) is 0. The van der Waals surface area contributed by atoms with E-state index in [9.17, 15) is 9.59 Å². The van der Waals surface area contributed by atoms with Gasteiger partial charge in [0, 0.05) is 27.3 Å². The van der Waals surface area contributed by atoms with E-state index in [-0.39, 0.29) is 29.1 Å². The molecule has 4 nitrogen and oxygen atoms in total. The first kappa shape index (κ1) is 28.4. The monoisotopic (exact) mass is 567 g/mol. The molecule has 0 N–H and O–H groups in total. The molecule has 2 amide bonds. The minimum atomic E-state index is -0.303. The highest BCUT2D eigenvalue weighted by atomic mass is 16.5. The van der Waals surface area contributed by atoms with Gasteiger partial charge in [0.1, 0.15) is 11.5 Å². The molecule has 5 aromatic carbocycles. The Balaban J connectivity index is 1.38. The standard InChI is InChI=1S/C39H37NO3/c1-24(2)29-14-10-15-30(25(3)4)36(29)40-37(41)32-17-11-16-31-34(23-22-33(35(31)32)38(40)42)43-28-20-18-27(19-21-28)39(5,6)26-12-8-7-9-13-26/h7-25H,1-6H3. The van der Waals surface area contributed by atoms with Gasteiger partial charge in [-0.1, -0.05) is 114 Å². The van der Waals surface area contributed by atoms with Gasteiger partial charge in [0.05, 0.1) is 5.69 Å². The van der Waals surface area contributed by atoms with Crippen molar-refractivity contribution in [3.63, 3.8) is 0 Å². The van der Waals surface area contributed by atoms with Crippen LogP contribution in [0.2, 0.25) is 0 Å². The smallest absolute Gasteiger partial charge is 0.266 e. The number of carbonyl (C=O) groups is 2. The van der Waals surface area contributed by atoms with Crippen molar-refractivity contribution >= 4 is 28.3 Å². The van der Waals surface area contributed by atoms with Crippen LogP contribution in [-0.4, -0.2) is 11.8 Å². The molecule has 0 aliphatic carbocycles. The maximum absolute atomic E-state index is 14.1. The highest BCUT2D eigenvalue weighted by Gasteiger charge is 2.37. The van der Waals surface area contributed by atoms with Gasteiger partial charge in [-0.15, -0.1) is 0 Å². The van der Waals surface area contributed by atoms with Gasteiger partial charge < -0.3 is 4.74 Å². The number of nitrogens with zero attached hydrogens (tertiary/aromatic N) is 1. The van der Waals surface area contributed by atoms with Gasteiger partial charge in [-0.25, -0.2) is 4.90 Å². The second-order valence-corrected chi connectivity index (χ2v) is 12.5. The SMILES string of the molecule is CC(C)c1cccc(C(C)C)c1N1C(=O)c2cccc3c(Oc4ccc(C(C)(C)c5ccccc5)cc4)ccc(c23)C1=O. The van der Waals surface area contributed by atoms with E-state index >= 15 is 0 Å². The van der Waals surface area contributed by atoms with Crippen LogP contribution in [0, 0.1) is 0 Å². The van der Waals surface area contributed by atoms with E-state index < -0.39 is 0 Å². The van der Waals surface area contributed by atoms with Gasteiger partial charge in [-0.05, 0) is 64.4 Å². The number of hydrogen-bond donors (Lipinski definition) is 0. The molecule has 0 bridgehead atoms. The Morgan fingerprint density at radius 3 is 1.77 bits per heavy atom. The van der Waals surface area contributed by atoms with Crippen LogP contribution in [0.25, 0.3) is 10.8 Å². The highest BCUT2D eigenvalue weighted by molar-refractivity contribution is 6.36. The molecule has 43 heavy (non-hydrogen) atoms. The average Bonchev–Trinajstić information content (AvgIpc) is 3.01. The molecular formula is C39H37NO3. The third-order valence-electron chi connectivity index (χ3n) is 8.73. The van der Waals surface area contributed by atoms with Crippen molar-refractivity contribution in [2.75, 3.05) is 4.90 Å². The van der Waals surface area contributed by atoms with Crippen LogP contribution in [0.4, 0.5) is 5.69 Å². The molecule has 0 saturated carbocycles. The summed E-state index contributed by atoms with van der Waals surface area (Å²) in [5.41, 5.74) is 5.97. The molecule has 0 atom stereocenters. The predicted octanol–water partition coefficient (Wildman–Crippen LogP) is 10.0. The second kappa shape index (κ2) is 10.9. The minimum Gasteiger partial charge on any atom is -0.457 e. The average molecular weight is 568 g/mol. The van der Waals surface area contributed by atoms with E-state index in [0.717, 1.165) is 16.5 Å². The van der Waals surface area contributed by atoms with E-state index in [1.165, 1.54) is 16.0 Å². The Kier molecular flexibility index (Phi) is 7.17. The molecule has 4 heteroatoms. The fourth-order valence-electron chi connectivity index (χ4n) is 6.22. The van der Waals surface area contributed by atoms with Crippen molar-refractivity contribution in [1.29, 1.82) is 0 Å². The van der Waals surface area contributed by atoms with Gasteiger partial charge in [0.15, 0.2) is 0 Å². The summed E-state index contributed by atoms with van der Waals surface area (Å²) < 4.78 is 6.39. The molecule has 0 radical (unpaired) electrons. The van der Waals surface area contributed by atoms with Gasteiger partial charge in [0.25, 0.3) is 11.8 Å². The lowest BCUT2D eigenvalue weighted by molar-refractivity contribution is 0.0893. The van der Waals surface area contributed by atoms with Crippen LogP contribution in [0.3, 0.4) is 0 Å². The van der Waals surface area contributed by atoms with Crippen molar-refractivity contribution in [1.82, 2.24) is 0 Å². The molecule has 1 heterocycles. The summed E-state index contributed by atoms with van der Waals surface area (Å²) in [6.45, 7) is 12.8. The quantitative estimate of drug-likeness (QED) is 0.184. The summed E-state index contributed by atoms with van der Waals surface area (Å²) in [6, 6.07) is 33.9. The fourth-order valence-corrected chi connectivity index (χ4v) is 6.22. The van der Waals surface area contributed by atoms with Crippen molar-refractivity contribution in [2.24, 2.45) is 0 Å². The van der Waals surface area contributed by atoms with E-state index in [2.05, 4.69) is 77.9 Å². The van der Waals surface area contributed by atoms with Crippen molar-refractivity contribution in [3.05, 3.63) is 137 Å². The second-order valence-electron chi connectivity index (χ2n) is 12.5. The first-order valence-corrected chi connectivity index (χ1v) is 15.0. The topological polar surface area (TPSA) is 46.6 Å². The zero-order chi connectivity index (χ0) is 30.5. The molecule has 0 spiro atoms. The normalized spacial score (nSPS) is 13.3. The maximum Gasteiger partial charge on any atom is 0.266 e. The first-order chi connectivity index (χ1) is 20.6. The lowest BCUT2D eigenvalue weighted by atomic mass is 9.78. The summed E-state index contributed by atoms with van der Waals surface area (Å²) in [4.78, 5) is 29.7. The van der Waals surface area contributed by atoms with Crippen LogP contribution in [0.15, 0.2) is 103 Å². The number of imide groups is 1. The number of amides is 2. The number of para-hydroxylation sites is 1. The van der Waals surface area contributed by atoms with Crippen LogP contribution in [0.1, 0.15) is 96.3 Å². The predicted molar refractivity (Wildman–Crippen MR) is 175 cm³/mol. The van der Waals surface area contributed by atoms with E-state index in [1.54, 1.807) is 6.07 Å². The number of ether oxygens (including phenoxy) is 1. The third kappa shape index (κ3) is 4.81. The molecule has 1 aliphatic heterocycles. The van der Waals surface area contributed by atoms with Crippen LogP contribution in [-0.2, 0) is 5.41 Å². The molecule has 216 valence electrons. The largest absolute Gasteiger partial charge is 0.457 e. The van der Waals surface area contributed by atoms with Crippen LogP contribution < -0.4 is 9.64 Å². The first-order valence-electron chi connectivity index (χ1n) is 15.0. The van der Waals surface area contributed by atoms with Crippen molar-refractivity contribution < 1.29 is 14.3 Å². The molecule has 0 fully saturated rings. The van der Waals surface area contributed by atoms with Gasteiger partial charge >= 0.3 is 0 Å². The molecule has 0 unspecified atom stereocenters. The number of benzene rings is 5. The van der Waals surface area contributed by atoms with Crippen LogP contribution in [0.5, 0.6) is 11.5 Å². The molecule has 0 saturated heterocycles. The lowest BCUT2D eigenvalue weighted by Gasteiger charge is -2.32. The van der Waals surface area contributed by atoms with Gasteiger partial charge in [-0.2, -0.15) is 0 Å². The van der Waals surface area contributed by atoms with E-state index in [4.69, 9.17) is 4.74 Å². The van der Waals surface area contributed by atoms with Crippen LogP contribution >= 0.6 is 0 Å². The Labute approximate surface area is 253 Å². The van der Waals surface area contributed by atoms with E-state index in [1.807, 2.05) is 60.7 Å². The van der Waals surface area contributed by atoms with Gasteiger partial charge in [-0.3, -0.25) is 9.59 Å². The summed E-state index contributed by atoms with van der Waals surface area (Å²) in [5.74, 6) is 0.982. The number of carbonyl (C=O) groups excluding carboxylic acids is 2. The summed E-state index contributed by atoms with van der Waals surface area (Å²) in [6.07, 6.45) is 0. The van der Waals surface area contributed by atoms with Gasteiger partial charge in [0.2, 0.25) is 0 Å². The minimum absolute atomic E-state index is 0.145. The Morgan fingerprint density at radius 2 is 1.16 bits per heavy atom. The molecular weight excluding hydrogens is 530 g/mol. The summed E-state index contributed by atoms with van der Waals surface area (Å²) in [5, 5.41) is 1.38. The molecule has 0 aromatic heterocycles. The highest BCUT2D eigenvalue weighted by Crippen LogP contribution is 2.43. The number of anilines is 1. The van der Waals surface area contributed by atoms with Crippen molar-refractivity contribution in [3.8, 4) is 11.5 Å². The molecule has 1 aliphatic rings. The summed E-state index contributed by atoms with van der Waals surface area (Å²) >= 11 is 0. The van der Waals surface area contributed by atoms with Crippen molar-refractivity contribution in [2.45, 2.75) is 58.8 Å². The number of hydrogen-bond acceptors (Lipinski definition) is 3. The number of rotatable bonds is 7. The zero-order valence-electron chi connectivity index (χ0n) is 25.6. The Morgan fingerprint density at radius 1 is 0.605 bits per heavy atom. The lowest BCUT2D eigenvalue weighted by Crippen LogP contribution is -2.41. The Bertz CT molecular complexity index is 1800. The fraction of sp³-hybridized carbons (Fsp3) is 0.231. The molecule has 5 aromatic rings. The maximum atomic E-state index is 14.1. The molecule has 6 rings (SSSR count). The Hall–Kier alpha value is -4.70.